The van der Waals surface area contributed by atoms with Gasteiger partial charge in [0.25, 0.3) is 0 Å². The standard InChI is InChI=1S/C30H21BrO2/c31-29(28(22-13-5-1-6-14-22)23-15-7-2-8-16-23)26-21-27(32)33-30(26,24-17-9-3-10-18-24)25-19-11-4-12-20-25/h1-21H. The van der Waals surface area contributed by atoms with Crippen LogP contribution in [0.15, 0.2) is 137 Å². The Balaban J connectivity index is 1.82. The van der Waals surface area contributed by atoms with E-state index >= 15 is 0 Å². The number of cyclic esters (lactones) is 1. The van der Waals surface area contributed by atoms with Crippen LogP contribution in [0.3, 0.4) is 0 Å². The lowest BCUT2D eigenvalue weighted by molar-refractivity contribution is -0.143. The summed E-state index contributed by atoms with van der Waals surface area (Å²) in [5, 5.41) is 0. The maximum atomic E-state index is 12.9. The first-order valence-corrected chi connectivity index (χ1v) is 11.6. The van der Waals surface area contributed by atoms with Gasteiger partial charge < -0.3 is 4.74 Å². The van der Waals surface area contributed by atoms with Crippen molar-refractivity contribution in [1.82, 2.24) is 0 Å². The van der Waals surface area contributed by atoms with Crippen LogP contribution in [0, 0.1) is 0 Å². The Morgan fingerprint density at radius 3 is 1.42 bits per heavy atom. The number of benzene rings is 4. The fourth-order valence-corrected chi connectivity index (χ4v) is 5.23. The number of halogens is 1. The Morgan fingerprint density at radius 1 is 0.606 bits per heavy atom. The van der Waals surface area contributed by atoms with E-state index in [-0.39, 0.29) is 5.97 Å². The van der Waals surface area contributed by atoms with Crippen LogP contribution in [0.4, 0.5) is 0 Å². The van der Waals surface area contributed by atoms with E-state index in [1.165, 1.54) is 0 Å². The summed E-state index contributed by atoms with van der Waals surface area (Å²) in [4.78, 5) is 12.9. The lowest BCUT2D eigenvalue weighted by Gasteiger charge is -2.33. The lowest BCUT2D eigenvalue weighted by Crippen LogP contribution is -2.31. The molecule has 160 valence electrons. The van der Waals surface area contributed by atoms with E-state index in [0.29, 0.717) is 0 Å². The summed E-state index contributed by atoms with van der Waals surface area (Å²) in [5.41, 5.74) is 4.59. The molecule has 2 nitrogen and oxygen atoms in total. The number of ether oxygens (including phenoxy) is 1. The minimum absolute atomic E-state index is 0.366. The van der Waals surface area contributed by atoms with Crippen LogP contribution >= 0.6 is 15.9 Å². The SMILES string of the molecule is O=C1C=C(C(Br)=C(c2ccccc2)c2ccccc2)C(c2ccccc2)(c2ccccc2)O1. The summed E-state index contributed by atoms with van der Waals surface area (Å²) < 4.78 is 7.00. The minimum atomic E-state index is -1.06. The van der Waals surface area contributed by atoms with Crippen LogP contribution in [0.1, 0.15) is 22.3 Å². The number of hydrogen-bond acceptors (Lipinski definition) is 2. The third kappa shape index (κ3) is 3.85. The van der Waals surface area contributed by atoms with Gasteiger partial charge in [0.2, 0.25) is 0 Å². The number of esters is 1. The van der Waals surface area contributed by atoms with Crippen molar-refractivity contribution in [1.29, 1.82) is 0 Å². The molecule has 0 fully saturated rings. The summed E-state index contributed by atoms with van der Waals surface area (Å²) in [6.07, 6.45) is 1.61. The van der Waals surface area contributed by atoms with Gasteiger partial charge >= 0.3 is 5.97 Å². The molecule has 0 spiro atoms. The van der Waals surface area contributed by atoms with E-state index in [2.05, 4.69) is 40.2 Å². The van der Waals surface area contributed by atoms with Gasteiger partial charge in [0, 0.05) is 32.8 Å². The molecule has 0 bridgehead atoms. The second-order valence-corrected chi connectivity index (χ2v) is 8.61. The molecular formula is C30H21BrO2. The molecule has 4 aromatic rings. The van der Waals surface area contributed by atoms with Gasteiger partial charge in [0.15, 0.2) is 5.60 Å². The molecule has 0 amide bonds. The van der Waals surface area contributed by atoms with E-state index in [1.807, 2.05) is 97.1 Å². The van der Waals surface area contributed by atoms with Crippen LogP contribution in [0.25, 0.3) is 5.57 Å². The number of hydrogen-bond donors (Lipinski definition) is 0. The summed E-state index contributed by atoms with van der Waals surface area (Å²) in [6, 6.07) is 40.2. The van der Waals surface area contributed by atoms with Crippen LogP contribution in [-0.4, -0.2) is 5.97 Å². The molecule has 5 rings (SSSR count). The Bertz CT molecular complexity index is 1240. The van der Waals surface area contributed by atoms with Gasteiger partial charge in [-0.2, -0.15) is 0 Å². The highest BCUT2D eigenvalue weighted by Gasteiger charge is 2.48. The van der Waals surface area contributed by atoms with E-state index in [4.69, 9.17) is 4.74 Å². The number of carbonyl (C=O) groups is 1. The fourth-order valence-electron chi connectivity index (χ4n) is 4.38. The maximum absolute atomic E-state index is 12.9. The first-order valence-electron chi connectivity index (χ1n) is 10.8. The summed E-state index contributed by atoms with van der Waals surface area (Å²) in [7, 11) is 0. The molecule has 0 N–H and O–H groups in total. The van der Waals surface area contributed by atoms with E-state index in [1.54, 1.807) is 6.08 Å². The molecule has 1 heterocycles. The Morgan fingerprint density at radius 2 is 1.00 bits per heavy atom. The number of rotatable bonds is 5. The Kier molecular flexibility index (Phi) is 5.80. The normalized spacial score (nSPS) is 14.3. The molecule has 0 aliphatic carbocycles. The zero-order valence-electron chi connectivity index (χ0n) is 17.8. The smallest absolute Gasteiger partial charge is 0.332 e. The average molecular weight is 493 g/mol. The van der Waals surface area contributed by atoms with Crippen LogP contribution in [-0.2, 0) is 15.1 Å². The highest BCUT2D eigenvalue weighted by molar-refractivity contribution is 9.12. The largest absolute Gasteiger partial charge is 0.441 e. The third-order valence-electron chi connectivity index (χ3n) is 5.84. The quantitative estimate of drug-likeness (QED) is 0.274. The van der Waals surface area contributed by atoms with Crippen LogP contribution < -0.4 is 0 Å². The molecule has 0 aromatic heterocycles. The van der Waals surface area contributed by atoms with Crippen molar-refractivity contribution in [3.05, 3.63) is 160 Å². The lowest BCUT2D eigenvalue weighted by atomic mass is 9.79. The summed E-state index contributed by atoms with van der Waals surface area (Å²) in [5.74, 6) is -0.366. The Hall–Kier alpha value is -3.69. The highest BCUT2D eigenvalue weighted by atomic mass is 79.9. The fraction of sp³-hybridized carbons (Fsp3) is 0.0333. The van der Waals surface area contributed by atoms with Crippen molar-refractivity contribution in [2.45, 2.75) is 5.60 Å². The molecule has 4 aromatic carbocycles. The zero-order chi connectivity index (χ0) is 22.7. The topological polar surface area (TPSA) is 26.3 Å². The molecule has 0 unspecified atom stereocenters. The highest BCUT2D eigenvalue weighted by Crippen LogP contribution is 2.50. The van der Waals surface area contributed by atoms with Crippen molar-refractivity contribution in [2.75, 3.05) is 0 Å². The Labute approximate surface area is 202 Å². The first kappa shape index (κ1) is 21.2. The molecule has 1 aliphatic heterocycles. The molecule has 0 saturated carbocycles. The molecule has 0 radical (unpaired) electrons. The first-order chi connectivity index (χ1) is 16.2. The van der Waals surface area contributed by atoms with Gasteiger partial charge in [0.1, 0.15) is 0 Å². The second kappa shape index (κ2) is 9.05. The van der Waals surface area contributed by atoms with Crippen LogP contribution in [0.5, 0.6) is 0 Å². The van der Waals surface area contributed by atoms with Crippen molar-refractivity contribution < 1.29 is 9.53 Å². The molecule has 0 atom stereocenters. The van der Waals surface area contributed by atoms with Gasteiger partial charge in [-0.05, 0) is 27.1 Å². The van der Waals surface area contributed by atoms with Crippen molar-refractivity contribution in [2.24, 2.45) is 0 Å². The van der Waals surface area contributed by atoms with E-state index < -0.39 is 5.60 Å². The van der Waals surface area contributed by atoms with Crippen molar-refractivity contribution in [3.8, 4) is 0 Å². The third-order valence-corrected chi connectivity index (χ3v) is 6.66. The molecular weight excluding hydrogens is 472 g/mol. The summed E-state index contributed by atoms with van der Waals surface area (Å²) in [6.45, 7) is 0. The van der Waals surface area contributed by atoms with E-state index in [9.17, 15) is 4.79 Å². The van der Waals surface area contributed by atoms with Gasteiger partial charge in [-0.3, -0.25) is 0 Å². The zero-order valence-corrected chi connectivity index (χ0v) is 19.4. The minimum Gasteiger partial charge on any atom is -0.441 e. The monoisotopic (exact) mass is 492 g/mol. The van der Waals surface area contributed by atoms with Gasteiger partial charge in [0.05, 0.1) is 0 Å². The van der Waals surface area contributed by atoms with Gasteiger partial charge in [-0.1, -0.05) is 121 Å². The second-order valence-electron chi connectivity index (χ2n) is 7.81. The van der Waals surface area contributed by atoms with E-state index in [0.717, 1.165) is 37.9 Å². The molecule has 3 heteroatoms. The van der Waals surface area contributed by atoms with Gasteiger partial charge in [-0.15, -0.1) is 0 Å². The average Bonchev–Trinajstić information content (AvgIpc) is 3.25. The number of carbonyl (C=O) groups excluding carboxylic acids is 1. The predicted molar refractivity (Wildman–Crippen MR) is 136 cm³/mol. The molecule has 1 aliphatic rings. The summed E-state index contributed by atoms with van der Waals surface area (Å²) >= 11 is 3.92. The molecule has 0 saturated heterocycles. The maximum Gasteiger partial charge on any atom is 0.332 e. The van der Waals surface area contributed by atoms with Gasteiger partial charge in [-0.25, -0.2) is 4.79 Å². The van der Waals surface area contributed by atoms with Crippen LogP contribution in [0.2, 0.25) is 0 Å². The molecule has 33 heavy (non-hydrogen) atoms. The predicted octanol–water partition coefficient (Wildman–Crippen LogP) is 7.27. The van der Waals surface area contributed by atoms with Crippen molar-refractivity contribution >= 4 is 27.5 Å². The van der Waals surface area contributed by atoms with Crippen molar-refractivity contribution in [3.63, 3.8) is 0 Å².